The van der Waals surface area contributed by atoms with Crippen molar-refractivity contribution in [2.24, 2.45) is 0 Å². The van der Waals surface area contributed by atoms with Gasteiger partial charge in [0.15, 0.2) is 0 Å². The fourth-order valence-corrected chi connectivity index (χ4v) is 4.56. The number of nitrogens with one attached hydrogen (secondary N) is 1. The molecule has 6 heteroatoms. The molecule has 166 valence electrons. The lowest BCUT2D eigenvalue weighted by Gasteiger charge is -2.31. The summed E-state index contributed by atoms with van der Waals surface area (Å²) in [7, 11) is 1.62. The van der Waals surface area contributed by atoms with Crippen molar-refractivity contribution in [3.63, 3.8) is 0 Å². The highest BCUT2D eigenvalue weighted by Crippen LogP contribution is 2.19. The number of nitrogens with zero attached hydrogens (tertiary/aromatic N) is 1. The average Bonchev–Trinajstić information content (AvgIpc) is 2.83. The summed E-state index contributed by atoms with van der Waals surface area (Å²) in [5, 5.41) is 2.75. The highest BCUT2D eigenvalue weighted by molar-refractivity contribution is 9.10. The zero-order valence-corrected chi connectivity index (χ0v) is 20.4. The number of rotatable bonds is 10. The maximum atomic E-state index is 13.4. The van der Waals surface area contributed by atoms with Crippen molar-refractivity contribution in [3.8, 4) is 0 Å². The standard InChI is InChI=1S/C26H27BrN2O2S/c1-28-26(31)24(16-20-8-4-2-5-9-20)29(17-21-12-14-23(27)15-13-21)25(30)19-32-18-22-10-6-3-7-11-22/h2-15,24H,16-19H2,1H3,(H,28,31)/t24-/m0/s1. The van der Waals surface area contributed by atoms with E-state index in [1.807, 2.05) is 72.8 Å². The van der Waals surface area contributed by atoms with Crippen LogP contribution in [0.1, 0.15) is 16.7 Å². The number of thioether (sulfide) groups is 1. The summed E-state index contributed by atoms with van der Waals surface area (Å²) in [6, 6.07) is 27.2. The molecule has 1 atom stereocenters. The number of likely N-dealkylation sites (N-methyl/N-ethyl adjacent to an activating group) is 1. The number of carbonyl (C=O) groups is 2. The van der Waals surface area contributed by atoms with E-state index < -0.39 is 6.04 Å². The zero-order valence-electron chi connectivity index (χ0n) is 18.0. The van der Waals surface area contributed by atoms with E-state index in [0.29, 0.717) is 18.7 Å². The maximum absolute atomic E-state index is 13.4. The molecule has 0 aliphatic rings. The summed E-state index contributed by atoms with van der Waals surface area (Å²) >= 11 is 5.03. The van der Waals surface area contributed by atoms with Gasteiger partial charge in [-0.15, -0.1) is 11.8 Å². The van der Waals surface area contributed by atoms with Crippen LogP contribution in [0.4, 0.5) is 0 Å². The van der Waals surface area contributed by atoms with Crippen molar-refractivity contribution in [1.29, 1.82) is 0 Å². The van der Waals surface area contributed by atoms with Crippen LogP contribution in [0.5, 0.6) is 0 Å². The van der Waals surface area contributed by atoms with Crippen molar-refractivity contribution >= 4 is 39.5 Å². The molecule has 32 heavy (non-hydrogen) atoms. The molecule has 3 aromatic rings. The van der Waals surface area contributed by atoms with Gasteiger partial charge in [0.1, 0.15) is 6.04 Å². The Kier molecular flexibility index (Phi) is 9.38. The van der Waals surface area contributed by atoms with Gasteiger partial charge < -0.3 is 10.2 Å². The van der Waals surface area contributed by atoms with Crippen LogP contribution >= 0.6 is 27.7 Å². The van der Waals surface area contributed by atoms with Gasteiger partial charge in [0.2, 0.25) is 11.8 Å². The molecular formula is C26H27BrN2O2S. The second kappa shape index (κ2) is 12.5. The lowest BCUT2D eigenvalue weighted by molar-refractivity contribution is -0.139. The van der Waals surface area contributed by atoms with Crippen molar-refractivity contribution in [1.82, 2.24) is 10.2 Å². The van der Waals surface area contributed by atoms with Crippen molar-refractivity contribution in [2.45, 2.75) is 24.8 Å². The quantitative estimate of drug-likeness (QED) is 0.414. The van der Waals surface area contributed by atoms with Gasteiger partial charge >= 0.3 is 0 Å². The minimum Gasteiger partial charge on any atom is -0.357 e. The van der Waals surface area contributed by atoms with E-state index in [2.05, 4.69) is 33.4 Å². The lowest BCUT2D eigenvalue weighted by Crippen LogP contribution is -2.50. The van der Waals surface area contributed by atoms with E-state index in [9.17, 15) is 9.59 Å². The first-order valence-electron chi connectivity index (χ1n) is 10.5. The molecule has 0 bridgehead atoms. The first kappa shape index (κ1) is 24.1. The molecule has 0 heterocycles. The normalized spacial score (nSPS) is 11.6. The summed E-state index contributed by atoms with van der Waals surface area (Å²) in [5.74, 6) is 0.862. The molecule has 3 aromatic carbocycles. The van der Waals surface area contributed by atoms with Crippen LogP contribution in [-0.2, 0) is 28.3 Å². The second-order valence-electron chi connectivity index (χ2n) is 7.45. The SMILES string of the molecule is CNC(=O)[C@H](Cc1ccccc1)N(Cc1ccc(Br)cc1)C(=O)CSCc1ccccc1. The van der Waals surface area contributed by atoms with Crippen LogP contribution < -0.4 is 5.32 Å². The Balaban J connectivity index is 1.80. The summed E-state index contributed by atoms with van der Waals surface area (Å²) in [5.41, 5.74) is 3.18. The molecule has 0 radical (unpaired) electrons. The zero-order chi connectivity index (χ0) is 22.8. The second-order valence-corrected chi connectivity index (χ2v) is 9.35. The molecule has 2 amide bonds. The Hall–Kier alpha value is -2.57. The monoisotopic (exact) mass is 510 g/mol. The summed E-state index contributed by atoms with van der Waals surface area (Å²) in [6.45, 7) is 0.378. The lowest BCUT2D eigenvalue weighted by atomic mass is 10.0. The summed E-state index contributed by atoms with van der Waals surface area (Å²) in [6.07, 6.45) is 0.464. The van der Waals surface area contributed by atoms with E-state index in [1.165, 1.54) is 5.56 Å². The van der Waals surface area contributed by atoms with Crippen molar-refractivity contribution < 1.29 is 9.59 Å². The van der Waals surface area contributed by atoms with Gasteiger partial charge in [0.25, 0.3) is 0 Å². The first-order valence-corrected chi connectivity index (χ1v) is 12.4. The minimum absolute atomic E-state index is 0.0432. The van der Waals surface area contributed by atoms with Crippen LogP contribution in [0.3, 0.4) is 0 Å². The third-order valence-electron chi connectivity index (χ3n) is 5.12. The maximum Gasteiger partial charge on any atom is 0.242 e. The Morgan fingerprint density at radius 2 is 1.47 bits per heavy atom. The third kappa shape index (κ3) is 7.24. The van der Waals surface area contributed by atoms with Gasteiger partial charge in [-0.1, -0.05) is 88.7 Å². The number of halogens is 1. The Labute approximate surface area is 202 Å². The highest BCUT2D eigenvalue weighted by atomic mass is 79.9. The Morgan fingerprint density at radius 3 is 2.06 bits per heavy atom. The van der Waals surface area contributed by atoms with E-state index in [1.54, 1.807) is 23.7 Å². The largest absolute Gasteiger partial charge is 0.357 e. The number of hydrogen-bond acceptors (Lipinski definition) is 3. The molecule has 0 saturated heterocycles. The van der Waals surface area contributed by atoms with Gasteiger partial charge in [0, 0.05) is 30.2 Å². The molecule has 1 N–H and O–H groups in total. The van der Waals surface area contributed by atoms with E-state index in [-0.39, 0.29) is 11.8 Å². The molecule has 0 spiro atoms. The van der Waals surface area contributed by atoms with Gasteiger partial charge in [-0.05, 0) is 28.8 Å². The predicted octanol–water partition coefficient (Wildman–Crippen LogP) is 5.07. The molecule has 0 unspecified atom stereocenters. The predicted molar refractivity (Wildman–Crippen MR) is 135 cm³/mol. The van der Waals surface area contributed by atoms with Crippen LogP contribution in [0.15, 0.2) is 89.4 Å². The molecular weight excluding hydrogens is 484 g/mol. The molecule has 0 aliphatic carbocycles. The van der Waals surface area contributed by atoms with Gasteiger partial charge in [-0.2, -0.15) is 0 Å². The topological polar surface area (TPSA) is 49.4 Å². The first-order chi connectivity index (χ1) is 15.6. The average molecular weight is 511 g/mol. The highest BCUT2D eigenvalue weighted by Gasteiger charge is 2.29. The van der Waals surface area contributed by atoms with Crippen LogP contribution in [-0.4, -0.2) is 35.6 Å². The number of hydrogen-bond donors (Lipinski definition) is 1. The third-order valence-corrected chi connectivity index (χ3v) is 6.64. The van der Waals surface area contributed by atoms with Crippen LogP contribution in [0.25, 0.3) is 0 Å². The number of carbonyl (C=O) groups excluding carboxylic acids is 2. The molecule has 0 saturated carbocycles. The van der Waals surface area contributed by atoms with E-state index >= 15 is 0 Å². The Bertz CT molecular complexity index is 997. The van der Waals surface area contributed by atoms with E-state index in [4.69, 9.17) is 0 Å². The fourth-order valence-electron chi connectivity index (χ4n) is 3.42. The molecule has 3 rings (SSSR count). The van der Waals surface area contributed by atoms with Crippen molar-refractivity contribution in [3.05, 3.63) is 106 Å². The minimum atomic E-state index is -0.587. The Morgan fingerprint density at radius 1 is 0.875 bits per heavy atom. The molecule has 0 fully saturated rings. The molecule has 4 nitrogen and oxygen atoms in total. The van der Waals surface area contributed by atoms with Crippen LogP contribution in [0.2, 0.25) is 0 Å². The molecule has 0 aliphatic heterocycles. The fraction of sp³-hybridized carbons (Fsp3) is 0.231. The van der Waals surface area contributed by atoms with Crippen LogP contribution in [0, 0.1) is 0 Å². The smallest absolute Gasteiger partial charge is 0.242 e. The van der Waals surface area contributed by atoms with Gasteiger partial charge in [-0.3, -0.25) is 9.59 Å². The molecule has 0 aromatic heterocycles. The summed E-state index contributed by atoms with van der Waals surface area (Å²) < 4.78 is 0.977. The van der Waals surface area contributed by atoms with Crippen molar-refractivity contribution in [2.75, 3.05) is 12.8 Å². The number of benzene rings is 3. The van der Waals surface area contributed by atoms with Gasteiger partial charge in [-0.25, -0.2) is 0 Å². The number of amides is 2. The van der Waals surface area contributed by atoms with Gasteiger partial charge in [0.05, 0.1) is 5.75 Å². The van der Waals surface area contributed by atoms with E-state index in [0.717, 1.165) is 21.4 Å². The summed E-state index contributed by atoms with van der Waals surface area (Å²) in [4.78, 5) is 28.0.